The van der Waals surface area contributed by atoms with Crippen molar-refractivity contribution in [3.63, 3.8) is 0 Å². The van der Waals surface area contributed by atoms with Crippen molar-refractivity contribution in [2.45, 2.75) is 32.8 Å². The van der Waals surface area contributed by atoms with Gasteiger partial charge in [-0.3, -0.25) is 14.9 Å². The quantitative estimate of drug-likeness (QED) is 0.260. The van der Waals surface area contributed by atoms with Crippen molar-refractivity contribution < 1.29 is 23.5 Å². The van der Waals surface area contributed by atoms with Gasteiger partial charge in [-0.05, 0) is 78.7 Å². The zero-order valence-corrected chi connectivity index (χ0v) is 20.9. The van der Waals surface area contributed by atoms with Gasteiger partial charge in [0, 0.05) is 5.56 Å². The van der Waals surface area contributed by atoms with Crippen LogP contribution < -0.4 is 10.6 Å². The Bertz CT molecular complexity index is 1460. The maximum atomic E-state index is 13.4. The van der Waals surface area contributed by atoms with Gasteiger partial charge in [0.05, 0.1) is 23.5 Å². The molecule has 0 radical (unpaired) electrons. The highest BCUT2D eigenvalue weighted by atomic mass is 19.1. The van der Waals surface area contributed by atoms with Crippen molar-refractivity contribution in [3.8, 4) is 16.8 Å². The molecule has 2 N–H and O–H groups in total. The summed E-state index contributed by atoms with van der Waals surface area (Å²) in [5.74, 6) is -1.40. The van der Waals surface area contributed by atoms with Gasteiger partial charge in [0.1, 0.15) is 17.7 Å². The monoisotopic (exact) mass is 516 g/mol. The largest absolute Gasteiger partial charge is 0.444 e. The lowest BCUT2D eigenvalue weighted by Gasteiger charge is -2.21. The highest BCUT2D eigenvalue weighted by Gasteiger charge is 2.19. The van der Waals surface area contributed by atoms with E-state index in [2.05, 4.69) is 26.2 Å². The lowest BCUT2D eigenvalue weighted by Crippen LogP contribution is -2.27. The smallest absolute Gasteiger partial charge is 0.412 e. The van der Waals surface area contributed by atoms with E-state index in [1.54, 1.807) is 75.4 Å². The second-order valence-corrected chi connectivity index (χ2v) is 9.35. The van der Waals surface area contributed by atoms with Crippen LogP contribution in [0, 0.1) is 5.82 Å². The van der Waals surface area contributed by atoms with Crippen LogP contribution in [0.3, 0.4) is 0 Å². The molecule has 0 aliphatic rings. The van der Waals surface area contributed by atoms with Crippen LogP contribution in [-0.4, -0.2) is 43.6 Å². The van der Waals surface area contributed by atoms with Gasteiger partial charge >= 0.3 is 6.09 Å². The molecule has 0 aliphatic heterocycles. The first kappa shape index (κ1) is 26.1. The van der Waals surface area contributed by atoms with Gasteiger partial charge in [-0.1, -0.05) is 30.3 Å². The zero-order valence-electron chi connectivity index (χ0n) is 20.9. The molecular formula is C27H25FN6O4. The number of anilines is 2. The third kappa shape index (κ3) is 6.84. The Morgan fingerprint density at radius 2 is 1.66 bits per heavy atom. The molecule has 4 rings (SSSR count). The first-order chi connectivity index (χ1) is 18.1. The van der Waals surface area contributed by atoms with E-state index >= 15 is 0 Å². The van der Waals surface area contributed by atoms with Crippen molar-refractivity contribution in [2.75, 3.05) is 10.6 Å². The molecule has 0 spiro atoms. The lowest BCUT2D eigenvalue weighted by atomic mass is 10.0. The summed E-state index contributed by atoms with van der Waals surface area (Å²) in [5.41, 5.74) is 2.02. The Labute approximate surface area is 217 Å². The molecule has 4 aromatic rings. The van der Waals surface area contributed by atoms with Crippen molar-refractivity contribution in [1.29, 1.82) is 0 Å². The summed E-state index contributed by atoms with van der Waals surface area (Å²) in [7, 11) is 0. The van der Waals surface area contributed by atoms with Crippen LogP contribution in [0.15, 0.2) is 73.1 Å². The summed E-state index contributed by atoms with van der Waals surface area (Å²) in [6, 6.07) is 17.3. The Hall–Kier alpha value is -4.93. The number of nitrogens with zero attached hydrogens (tertiary/aromatic N) is 4. The van der Waals surface area contributed by atoms with E-state index in [9.17, 15) is 18.8 Å². The fourth-order valence-electron chi connectivity index (χ4n) is 3.54. The van der Waals surface area contributed by atoms with E-state index in [1.165, 1.54) is 23.1 Å². The number of nitrogens with one attached hydrogen (secondary N) is 2. The van der Waals surface area contributed by atoms with Crippen LogP contribution in [0.2, 0.25) is 0 Å². The molecule has 0 bridgehead atoms. The van der Waals surface area contributed by atoms with E-state index in [0.29, 0.717) is 22.4 Å². The number of carbonyl (C=O) groups excluding carboxylic acids is 3. The van der Waals surface area contributed by atoms with Gasteiger partial charge in [-0.25, -0.2) is 13.9 Å². The number of tetrazole rings is 1. The SMILES string of the molecule is CC(C)(C)OC(=O)Nc1ccc(-c2ccc(F)cc2)cc1NC(=O)CC(=O)c1cccc(-n2cnnn2)c1. The number of ketones is 1. The standard InChI is InChI=1S/C27H25FN6O4/c1-27(2,3)38-26(37)31-22-12-9-18(17-7-10-20(28)11-8-17)14-23(22)30-25(36)15-24(35)19-5-4-6-21(13-19)34-16-29-32-33-34/h4-14,16H,15H2,1-3H3,(H,30,36)(H,31,37). The normalized spacial score (nSPS) is 11.1. The zero-order chi connectivity index (χ0) is 27.3. The summed E-state index contributed by atoms with van der Waals surface area (Å²) >= 11 is 0. The van der Waals surface area contributed by atoms with E-state index < -0.39 is 29.8 Å². The van der Waals surface area contributed by atoms with Gasteiger partial charge in [-0.2, -0.15) is 0 Å². The highest BCUT2D eigenvalue weighted by Crippen LogP contribution is 2.30. The van der Waals surface area contributed by atoms with Crippen LogP contribution in [0.25, 0.3) is 16.8 Å². The second kappa shape index (κ2) is 11.0. The van der Waals surface area contributed by atoms with Crippen LogP contribution in [0.1, 0.15) is 37.6 Å². The molecule has 0 atom stereocenters. The van der Waals surface area contributed by atoms with Crippen molar-refractivity contribution in [2.24, 2.45) is 0 Å². The third-order valence-electron chi connectivity index (χ3n) is 5.21. The van der Waals surface area contributed by atoms with E-state index in [0.717, 1.165) is 0 Å². The summed E-state index contributed by atoms with van der Waals surface area (Å²) in [5, 5.41) is 16.3. The molecule has 1 heterocycles. The maximum Gasteiger partial charge on any atom is 0.412 e. The number of amides is 2. The number of rotatable bonds is 7. The van der Waals surface area contributed by atoms with Crippen LogP contribution in [0.5, 0.6) is 0 Å². The van der Waals surface area contributed by atoms with Crippen LogP contribution in [-0.2, 0) is 9.53 Å². The van der Waals surface area contributed by atoms with Gasteiger partial charge in [-0.15, -0.1) is 5.10 Å². The highest BCUT2D eigenvalue weighted by molar-refractivity contribution is 6.12. The van der Waals surface area contributed by atoms with Crippen molar-refractivity contribution in [1.82, 2.24) is 20.2 Å². The molecule has 38 heavy (non-hydrogen) atoms. The van der Waals surface area contributed by atoms with Crippen molar-refractivity contribution >= 4 is 29.2 Å². The van der Waals surface area contributed by atoms with E-state index in [-0.39, 0.29) is 17.2 Å². The molecule has 2 amide bonds. The number of halogens is 1. The number of carbonyl (C=O) groups is 3. The van der Waals surface area contributed by atoms with E-state index in [4.69, 9.17) is 4.74 Å². The molecule has 3 aromatic carbocycles. The average Bonchev–Trinajstić information content (AvgIpc) is 3.40. The molecular weight excluding hydrogens is 491 g/mol. The summed E-state index contributed by atoms with van der Waals surface area (Å²) in [4.78, 5) is 38.2. The number of aromatic nitrogens is 4. The minimum Gasteiger partial charge on any atom is -0.444 e. The minimum absolute atomic E-state index is 0.248. The summed E-state index contributed by atoms with van der Waals surface area (Å²) in [6.45, 7) is 5.19. The van der Waals surface area contributed by atoms with Gasteiger partial charge in [0.25, 0.3) is 0 Å². The van der Waals surface area contributed by atoms with Gasteiger partial charge in [0.2, 0.25) is 5.91 Å². The summed E-state index contributed by atoms with van der Waals surface area (Å²) in [6.07, 6.45) is 0.230. The fraction of sp³-hybridized carbons (Fsp3) is 0.185. The maximum absolute atomic E-state index is 13.4. The molecule has 0 aliphatic carbocycles. The molecule has 0 unspecified atom stereocenters. The number of benzene rings is 3. The van der Waals surface area contributed by atoms with Crippen LogP contribution in [0.4, 0.5) is 20.6 Å². The van der Waals surface area contributed by atoms with Crippen LogP contribution >= 0.6 is 0 Å². The Balaban J connectivity index is 1.55. The topological polar surface area (TPSA) is 128 Å². The first-order valence-corrected chi connectivity index (χ1v) is 11.6. The molecule has 0 saturated heterocycles. The molecule has 10 nitrogen and oxygen atoms in total. The second-order valence-electron chi connectivity index (χ2n) is 9.35. The number of hydrogen-bond acceptors (Lipinski definition) is 7. The molecule has 1 aromatic heterocycles. The fourth-order valence-corrected chi connectivity index (χ4v) is 3.54. The molecule has 11 heteroatoms. The Morgan fingerprint density at radius 1 is 0.921 bits per heavy atom. The first-order valence-electron chi connectivity index (χ1n) is 11.6. The van der Waals surface area contributed by atoms with Gasteiger partial charge in [0.15, 0.2) is 5.78 Å². The minimum atomic E-state index is -0.731. The molecule has 194 valence electrons. The molecule has 0 saturated carbocycles. The Kier molecular flexibility index (Phi) is 7.56. The number of Topliss-reactive ketones (excluding diaryl/α,β-unsaturated/α-hetero) is 1. The molecule has 0 fully saturated rings. The average molecular weight is 517 g/mol. The van der Waals surface area contributed by atoms with Gasteiger partial charge < -0.3 is 10.1 Å². The number of ether oxygens (including phenoxy) is 1. The predicted molar refractivity (Wildman–Crippen MR) is 138 cm³/mol. The van der Waals surface area contributed by atoms with Crippen molar-refractivity contribution in [3.05, 3.63) is 84.4 Å². The lowest BCUT2D eigenvalue weighted by molar-refractivity contribution is -0.115. The third-order valence-corrected chi connectivity index (χ3v) is 5.21. The summed E-state index contributed by atoms with van der Waals surface area (Å²) < 4.78 is 20.1. The Morgan fingerprint density at radius 3 is 2.34 bits per heavy atom. The predicted octanol–water partition coefficient (Wildman–Crippen LogP) is 5.03. The van der Waals surface area contributed by atoms with E-state index in [1.807, 2.05) is 0 Å². The number of hydrogen-bond donors (Lipinski definition) is 2.